The highest BCUT2D eigenvalue weighted by Gasteiger charge is 2.11. The van der Waals surface area contributed by atoms with Crippen molar-refractivity contribution in [2.75, 3.05) is 7.11 Å². The largest absolute Gasteiger partial charge is 0.497 e. The summed E-state index contributed by atoms with van der Waals surface area (Å²) in [5.74, 6) is 0.784. The first-order chi connectivity index (χ1) is 9.60. The maximum atomic E-state index is 12.6. The average molecular weight is 295 g/mol. The molecule has 0 spiro atoms. The summed E-state index contributed by atoms with van der Waals surface area (Å²) in [5.41, 5.74) is 1.61. The lowest BCUT2D eigenvalue weighted by atomic mass is 10.1. The van der Waals surface area contributed by atoms with Gasteiger partial charge < -0.3 is 4.74 Å². The van der Waals surface area contributed by atoms with Crippen molar-refractivity contribution in [1.29, 1.82) is 0 Å². The molecule has 104 valence electrons. The summed E-state index contributed by atoms with van der Waals surface area (Å²) in [7, 11) is 1.61. The van der Waals surface area contributed by atoms with E-state index in [1.165, 1.54) is 12.1 Å². The van der Waals surface area contributed by atoms with Crippen LogP contribution in [0.2, 0.25) is 5.02 Å². The molecule has 0 unspecified atom stereocenters. The first-order valence-corrected chi connectivity index (χ1v) is 6.37. The fourth-order valence-corrected chi connectivity index (χ4v) is 2.00. The van der Waals surface area contributed by atoms with Gasteiger partial charge in [-0.25, -0.2) is 8.78 Å². The van der Waals surface area contributed by atoms with Crippen LogP contribution in [-0.4, -0.2) is 7.11 Å². The lowest BCUT2D eigenvalue weighted by Crippen LogP contribution is -1.86. The molecule has 4 heteroatoms. The monoisotopic (exact) mass is 294 g/mol. The Kier molecular flexibility index (Phi) is 4.74. The van der Waals surface area contributed by atoms with Crippen molar-refractivity contribution in [1.82, 2.24) is 0 Å². The third-order valence-electron chi connectivity index (χ3n) is 2.84. The minimum atomic E-state index is -2.55. The maximum absolute atomic E-state index is 12.6. The second-order valence-electron chi connectivity index (χ2n) is 4.19. The fraction of sp³-hybridized carbons (Fsp3) is 0.125. The van der Waals surface area contributed by atoms with Gasteiger partial charge in [-0.3, -0.25) is 0 Å². The number of halogens is 3. The minimum Gasteiger partial charge on any atom is -0.497 e. The predicted octanol–water partition coefficient (Wildman–Crippen LogP) is 5.46. The van der Waals surface area contributed by atoms with Gasteiger partial charge >= 0.3 is 0 Å². The number of methoxy groups -OCH3 is 1. The summed E-state index contributed by atoms with van der Waals surface area (Å²) < 4.78 is 30.2. The van der Waals surface area contributed by atoms with E-state index in [9.17, 15) is 8.78 Å². The van der Waals surface area contributed by atoms with Crippen molar-refractivity contribution in [2.24, 2.45) is 0 Å². The zero-order valence-electron chi connectivity index (χ0n) is 10.8. The number of rotatable bonds is 4. The van der Waals surface area contributed by atoms with Gasteiger partial charge in [0.1, 0.15) is 5.75 Å². The molecular formula is C16H13ClF2O. The van der Waals surface area contributed by atoms with Crippen LogP contribution < -0.4 is 4.74 Å². The van der Waals surface area contributed by atoms with E-state index in [1.54, 1.807) is 13.2 Å². The molecule has 0 amide bonds. The Morgan fingerprint density at radius 1 is 1.00 bits per heavy atom. The van der Waals surface area contributed by atoms with Crippen LogP contribution in [0.4, 0.5) is 8.78 Å². The quantitative estimate of drug-likeness (QED) is 0.681. The van der Waals surface area contributed by atoms with Gasteiger partial charge in [-0.2, -0.15) is 0 Å². The van der Waals surface area contributed by atoms with Crippen molar-refractivity contribution < 1.29 is 13.5 Å². The van der Waals surface area contributed by atoms with Crippen LogP contribution in [0.25, 0.3) is 12.2 Å². The van der Waals surface area contributed by atoms with Gasteiger partial charge in [-0.15, -0.1) is 0 Å². The fourth-order valence-electron chi connectivity index (χ4n) is 1.73. The van der Waals surface area contributed by atoms with Gasteiger partial charge in [0.2, 0.25) is 0 Å². The predicted molar refractivity (Wildman–Crippen MR) is 78.3 cm³/mol. The molecule has 2 aromatic rings. The van der Waals surface area contributed by atoms with Crippen LogP contribution >= 0.6 is 11.6 Å². The van der Waals surface area contributed by atoms with E-state index in [-0.39, 0.29) is 10.6 Å². The minimum absolute atomic E-state index is 0.0804. The van der Waals surface area contributed by atoms with E-state index in [0.29, 0.717) is 0 Å². The summed E-state index contributed by atoms with van der Waals surface area (Å²) in [4.78, 5) is 0. The molecule has 0 radical (unpaired) electrons. The second kappa shape index (κ2) is 6.53. The SMILES string of the molecule is COc1ccc(/C=C/c2ccc(C(F)F)c(Cl)c2)cc1. The first-order valence-electron chi connectivity index (χ1n) is 6.00. The third kappa shape index (κ3) is 3.58. The van der Waals surface area contributed by atoms with Gasteiger partial charge in [-0.05, 0) is 29.3 Å². The van der Waals surface area contributed by atoms with Crippen LogP contribution in [0.5, 0.6) is 5.75 Å². The number of alkyl halides is 2. The summed E-state index contributed by atoms with van der Waals surface area (Å²) in [5, 5.41) is 0.0804. The van der Waals surface area contributed by atoms with Crippen LogP contribution in [0.3, 0.4) is 0 Å². The van der Waals surface area contributed by atoms with Crippen molar-refractivity contribution in [3.8, 4) is 5.75 Å². The van der Waals surface area contributed by atoms with Crippen LogP contribution in [0.1, 0.15) is 23.1 Å². The molecule has 0 saturated heterocycles. The Labute approximate surface area is 121 Å². The summed E-state index contributed by atoms with van der Waals surface area (Å²) in [6.07, 6.45) is 1.15. The number of benzene rings is 2. The smallest absolute Gasteiger partial charge is 0.265 e. The van der Waals surface area contributed by atoms with E-state index < -0.39 is 6.43 Å². The lowest BCUT2D eigenvalue weighted by Gasteiger charge is -2.03. The van der Waals surface area contributed by atoms with Crippen molar-refractivity contribution in [3.05, 3.63) is 64.2 Å². The molecule has 2 aromatic carbocycles. The van der Waals surface area contributed by atoms with E-state index in [1.807, 2.05) is 36.4 Å². The molecule has 0 aliphatic rings. The molecule has 0 bridgehead atoms. The molecule has 0 N–H and O–H groups in total. The highest BCUT2D eigenvalue weighted by Crippen LogP contribution is 2.28. The Balaban J connectivity index is 2.16. The molecule has 1 nitrogen and oxygen atoms in total. The van der Waals surface area contributed by atoms with Crippen molar-refractivity contribution in [3.63, 3.8) is 0 Å². The summed E-state index contributed by atoms with van der Waals surface area (Å²) in [6.45, 7) is 0. The van der Waals surface area contributed by atoms with Crippen molar-refractivity contribution >= 4 is 23.8 Å². The molecule has 0 saturated carbocycles. The lowest BCUT2D eigenvalue weighted by molar-refractivity contribution is 0.151. The Morgan fingerprint density at radius 2 is 1.60 bits per heavy atom. The van der Waals surface area contributed by atoms with Gasteiger partial charge in [0.25, 0.3) is 6.43 Å². The van der Waals surface area contributed by atoms with E-state index >= 15 is 0 Å². The highest BCUT2D eigenvalue weighted by molar-refractivity contribution is 6.31. The van der Waals surface area contributed by atoms with Crippen molar-refractivity contribution in [2.45, 2.75) is 6.43 Å². The molecule has 0 aliphatic heterocycles. The number of ether oxygens (including phenoxy) is 1. The molecule has 20 heavy (non-hydrogen) atoms. The Hall–Kier alpha value is -1.87. The normalized spacial score (nSPS) is 11.2. The molecule has 2 rings (SSSR count). The van der Waals surface area contributed by atoms with Crippen LogP contribution in [0, 0.1) is 0 Å². The van der Waals surface area contributed by atoms with E-state index in [0.717, 1.165) is 16.9 Å². The number of hydrogen-bond acceptors (Lipinski definition) is 1. The third-order valence-corrected chi connectivity index (χ3v) is 3.17. The van der Waals surface area contributed by atoms with Crippen LogP contribution in [-0.2, 0) is 0 Å². The Morgan fingerprint density at radius 3 is 2.15 bits per heavy atom. The first kappa shape index (κ1) is 14.5. The number of hydrogen-bond donors (Lipinski definition) is 0. The molecule has 0 heterocycles. The van der Waals surface area contributed by atoms with Gasteiger partial charge in [-0.1, -0.05) is 48.0 Å². The Bertz CT molecular complexity index is 606. The molecular weight excluding hydrogens is 282 g/mol. The van der Waals surface area contributed by atoms with E-state index in [2.05, 4.69) is 0 Å². The standard InChI is InChI=1S/C16H13ClF2O/c1-20-13-7-4-11(5-8-13)2-3-12-6-9-14(16(18)19)15(17)10-12/h2-10,16H,1H3/b3-2+. The van der Waals surface area contributed by atoms with Crippen LogP contribution in [0.15, 0.2) is 42.5 Å². The highest BCUT2D eigenvalue weighted by atomic mass is 35.5. The van der Waals surface area contributed by atoms with Gasteiger partial charge in [0, 0.05) is 5.56 Å². The topological polar surface area (TPSA) is 9.23 Å². The van der Waals surface area contributed by atoms with Gasteiger partial charge in [0.15, 0.2) is 0 Å². The van der Waals surface area contributed by atoms with Gasteiger partial charge in [0.05, 0.1) is 12.1 Å². The zero-order chi connectivity index (χ0) is 14.5. The second-order valence-corrected chi connectivity index (χ2v) is 4.60. The summed E-state index contributed by atoms with van der Waals surface area (Å²) >= 11 is 5.82. The molecule has 0 fully saturated rings. The molecule has 0 aliphatic carbocycles. The summed E-state index contributed by atoms with van der Waals surface area (Å²) in [6, 6.07) is 12.0. The molecule has 0 atom stereocenters. The van der Waals surface area contributed by atoms with E-state index in [4.69, 9.17) is 16.3 Å². The maximum Gasteiger partial charge on any atom is 0.265 e. The molecule has 0 aromatic heterocycles. The zero-order valence-corrected chi connectivity index (χ0v) is 11.6. The average Bonchev–Trinajstić information content (AvgIpc) is 2.45.